The Morgan fingerprint density at radius 3 is 2.55 bits per heavy atom. The standard InChI is InChI=1S/C29H32N2O2/c1-2-3-16-29(33)24-12-4-5-13-25(24)31(28(29)32)22-14-17-30(18-15-22)26-19-21-10-6-8-20-9-7-11-23(26)27(20)21/h4-13,22,26,33H,2-3,14-19H2,1H3. The third-order valence-corrected chi connectivity index (χ3v) is 8.17. The van der Waals surface area contributed by atoms with E-state index in [1.54, 1.807) is 0 Å². The number of rotatable bonds is 5. The summed E-state index contributed by atoms with van der Waals surface area (Å²) >= 11 is 0. The number of carbonyl (C=O) groups is 1. The molecule has 1 saturated heterocycles. The third kappa shape index (κ3) is 3.15. The summed E-state index contributed by atoms with van der Waals surface area (Å²) in [6.07, 6.45) is 5.26. The van der Waals surface area contributed by atoms with Crippen LogP contribution < -0.4 is 4.90 Å². The van der Waals surface area contributed by atoms with E-state index in [9.17, 15) is 9.90 Å². The lowest BCUT2D eigenvalue weighted by Crippen LogP contribution is -2.50. The van der Waals surface area contributed by atoms with E-state index in [2.05, 4.69) is 48.2 Å². The molecule has 4 heteroatoms. The van der Waals surface area contributed by atoms with Crippen molar-refractivity contribution < 1.29 is 9.90 Å². The van der Waals surface area contributed by atoms with E-state index in [1.165, 1.54) is 21.9 Å². The van der Waals surface area contributed by atoms with Crippen LogP contribution >= 0.6 is 0 Å². The lowest BCUT2D eigenvalue weighted by Gasteiger charge is -2.40. The summed E-state index contributed by atoms with van der Waals surface area (Å²) in [5.74, 6) is -0.117. The fourth-order valence-corrected chi connectivity index (χ4v) is 6.49. The van der Waals surface area contributed by atoms with Crippen LogP contribution in [-0.4, -0.2) is 35.0 Å². The van der Waals surface area contributed by atoms with Crippen LogP contribution in [0.15, 0.2) is 60.7 Å². The van der Waals surface area contributed by atoms with Crippen molar-refractivity contribution in [1.82, 2.24) is 4.90 Å². The molecule has 2 atom stereocenters. The van der Waals surface area contributed by atoms with Crippen molar-refractivity contribution in [2.75, 3.05) is 18.0 Å². The largest absolute Gasteiger partial charge is 0.375 e. The molecule has 3 aromatic rings. The van der Waals surface area contributed by atoms with Gasteiger partial charge < -0.3 is 10.0 Å². The normalized spacial score (nSPS) is 25.2. The number of likely N-dealkylation sites (tertiary alicyclic amines) is 1. The lowest BCUT2D eigenvalue weighted by atomic mass is 9.90. The number of benzene rings is 3. The highest BCUT2D eigenvalue weighted by atomic mass is 16.3. The molecule has 0 bridgehead atoms. The number of para-hydroxylation sites is 1. The Bertz CT molecular complexity index is 1210. The van der Waals surface area contributed by atoms with E-state index < -0.39 is 5.60 Å². The highest BCUT2D eigenvalue weighted by molar-refractivity contribution is 6.07. The van der Waals surface area contributed by atoms with E-state index >= 15 is 0 Å². The van der Waals surface area contributed by atoms with Gasteiger partial charge in [-0.3, -0.25) is 9.69 Å². The number of piperidine rings is 1. The minimum atomic E-state index is -1.37. The Balaban J connectivity index is 1.22. The van der Waals surface area contributed by atoms with E-state index in [0.29, 0.717) is 12.5 Å². The number of unbranched alkanes of at least 4 members (excludes halogenated alkanes) is 1. The number of amides is 1. The lowest BCUT2D eigenvalue weighted by molar-refractivity contribution is -0.137. The van der Waals surface area contributed by atoms with Crippen LogP contribution in [0.2, 0.25) is 0 Å². The molecule has 6 rings (SSSR count). The summed E-state index contributed by atoms with van der Waals surface area (Å²) < 4.78 is 0. The molecule has 1 fully saturated rings. The molecule has 2 unspecified atom stereocenters. The molecular weight excluding hydrogens is 408 g/mol. The summed E-state index contributed by atoms with van der Waals surface area (Å²) in [6.45, 7) is 4.04. The minimum Gasteiger partial charge on any atom is -0.375 e. The maximum absolute atomic E-state index is 13.6. The van der Waals surface area contributed by atoms with E-state index in [0.717, 1.165) is 56.4 Å². The van der Waals surface area contributed by atoms with Crippen molar-refractivity contribution in [2.45, 2.75) is 63.1 Å². The Labute approximate surface area is 195 Å². The summed E-state index contributed by atoms with van der Waals surface area (Å²) in [4.78, 5) is 18.1. The quantitative estimate of drug-likeness (QED) is 0.583. The van der Waals surface area contributed by atoms with Gasteiger partial charge in [0.15, 0.2) is 5.60 Å². The van der Waals surface area contributed by atoms with E-state index in [4.69, 9.17) is 0 Å². The summed E-state index contributed by atoms with van der Waals surface area (Å²) in [6, 6.07) is 21.8. The van der Waals surface area contributed by atoms with Gasteiger partial charge in [-0.2, -0.15) is 0 Å². The van der Waals surface area contributed by atoms with Gasteiger partial charge >= 0.3 is 0 Å². The molecule has 4 nitrogen and oxygen atoms in total. The van der Waals surface area contributed by atoms with Crippen LogP contribution in [0.4, 0.5) is 5.69 Å². The maximum atomic E-state index is 13.6. The van der Waals surface area contributed by atoms with Crippen molar-refractivity contribution in [3.05, 3.63) is 77.4 Å². The number of fused-ring (bicyclic) bond motifs is 1. The van der Waals surface area contributed by atoms with Crippen molar-refractivity contribution >= 4 is 22.4 Å². The second-order valence-corrected chi connectivity index (χ2v) is 10.0. The van der Waals surface area contributed by atoms with E-state index in [1.807, 2.05) is 29.2 Å². The number of hydrogen-bond donors (Lipinski definition) is 1. The van der Waals surface area contributed by atoms with Crippen molar-refractivity contribution in [3.63, 3.8) is 0 Å². The number of nitrogens with zero attached hydrogens (tertiary/aromatic N) is 2. The Kier molecular flexibility index (Phi) is 5.04. The van der Waals surface area contributed by atoms with Gasteiger partial charge in [0.05, 0.1) is 5.69 Å². The van der Waals surface area contributed by atoms with Crippen molar-refractivity contribution in [2.24, 2.45) is 0 Å². The van der Waals surface area contributed by atoms with Gasteiger partial charge in [0.1, 0.15) is 0 Å². The second-order valence-electron chi connectivity index (χ2n) is 10.0. The predicted octanol–water partition coefficient (Wildman–Crippen LogP) is 5.33. The molecular formula is C29H32N2O2. The van der Waals surface area contributed by atoms with Crippen LogP contribution in [0.25, 0.3) is 10.8 Å². The number of carbonyl (C=O) groups excluding carboxylic acids is 1. The zero-order valence-electron chi connectivity index (χ0n) is 19.3. The Morgan fingerprint density at radius 1 is 1.00 bits per heavy atom. The topological polar surface area (TPSA) is 43.8 Å². The predicted molar refractivity (Wildman–Crippen MR) is 132 cm³/mol. The molecule has 2 heterocycles. The molecule has 170 valence electrons. The second kappa shape index (κ2) is 7.96. The summed E-state index contributed by atoms with van der Waals surface area (Å²) in [5.41, 5.74) is 3.26. The highest BCUT2D eigenvalue weighted by Crippen LogP contribution is 2.46. The van der Waals surface area contributed by atoms with Gasteiger partial charge in [0.2, 0.25) is 0 Å². The van der Waals surface area contributed by atoms with Crippen LogP contribution in [-0.2, 0) is 16.8 Å². The zero-order valence-corrected chi connectivity index (χ0v) is 19.3. The molecule has 0 saturated carbocycles. The van der Waals surface area contributed by atoms with Gasteiger partial charge in [-0.05, 0) is 60.1 Å². The Hall–Kier alpha value is -2.69. The fraction of sp³-hybridized carbons (Fsp3) is 0.414. The molecule has 1 amide bonds. The summed E-state index contributed by atoms with van der Waals surface area (Å²) in [7, 11) is 0. The van der Waals surface area contributed by atoms with Gasteiger partial charge in [0.25, 0.3) is 5.91 Å². The van der Waals surface area contributed by atoms with Crippen molar-refractivity contribution in [1.29, 1.82) is 0 Å². The first kappa shape index (κ1) is 20.9. The van der Waals surface area contributed by atoms with Crippen LogP contribution in [0, 0.1) is 0 Å². The average Bonchev–Trinajstić information content (AvgIpc) is 3.33. The Morgan fingerprint density at radius 2 is 1.76 bits per heavy atom. The molecule has 2 aliphatic heterocycles. The highest BCUT2D eigenvalue weighted by Gasteiger charge is 2.51. The van der Waals surface area contributed by atoms with Gasteiger partial charge in [-0.1, -0.05) is 67.9 Å². The first-order valence-corrected chi connectivity index (χ1v) is 12.5. The van der Waals surface area contributed by atoms with E-state index in [-0.39, 0.29) is 11.9 Å². The van der Waals surface area contributed by atoms with Crippen molar-refractivity contribution in [3.8, 4) is 0 Å². The smallest absolute Gasteiger partial charge is 0.263 e. The average molecular weight is 441 g/mol. The van der Waals surface area contributed by atoms with Gasteiger partial charge in [-0.25, -0.2) is 0 Å². The van der Waals surface area contributed by atoms with Gasteiger partial charge in [0, 0.05) is 30.7 Å². The maximum Gasteiger partial charge on any atom is 0.263 e. The summed E-state index contributed by atoms with van der Waals surface area (Å²) in [5, 5.41) is 14.2. The molecule has 0 spiro atoms. The van der Waals surface area contributed by atoms with Crippen LogP contribution in [0.3, 0.4) is 0 Å². The molecule has 3 aromatic carbocycles. The molecule has 3 aliphatic rings. The molecule has 1 N–H and O–H groups in total. The monoisotopic (exact) mass is 440 g/mol. The molecule has 33 heavy (non-hydrogen) atoms. The molecule has 0 radical (unpaired) electrons. The fourth-order valence-electron chi connectivity index (χ4n) is 6.49. The van der Waals surface area contributed by atoms with Crippen LogP contribution in [0.5, 0.6) is 0 Å². The zero-order chi connectivity index (χ0) is 22.6. The number of hydrogen-bond acceptors (Lipinski definition) is 3. The third-order valence-electron chi connectivity index (χ3n) is 8.17. The number of anilines is 1. The van der Waals surface area contributed by atoms with Crippen LogP contribution in [0.1, 0.15) is 61.8 Å². The molecule has 1 aliphatic carbocycles. The minimum absolute atomic E-state index is 0.117. The first-order valence-electron chi connectivity index (χ1n) is 12.5. The SMILES string of the molecule is CCCCC1(O)C(=O)N(C2CCN(C3Cc4cccc5cccc3c45)CC2)c2ccccc21. The first-order chi connectivity index (χ1) is 16.1. The number of aliphatic hydroxyl groups is 1. The molecule has 0 aromatic heterocycles. The van der Waals surface area contributed by atoms with Gasteiger partial charge in [-0.15, -0.1) is 0 Å².